The SMILES string of the molecule is CCNC(=NCCc1ccc(S(=O)(=O)N(CC)CC)s1)N1CCC2(CCCC2)C1.I. The summed E-state index contributed by atoms with van der Waals surface area (Å²) in [5, 5.41) is 3.45. The van der Waals surface area contributed by atoms with Gasteiger partial charge in [0.05, 0.1) is 0 Å². The van der Waals surface area contributed by atoms with Crippen molar-refractivity contribution in [3.05, 3.63) is 17.0 Å². The van der Waals surface area contributed by atoms with E-state index < -0.39 is 10.0 Å². The Hall–Kier alpha value is -0.390. The molecule has 2 aliphatic rings. The maximum Gasteiger partial charge on any atom is 0.252 e. The van der Waals surface area contributed by atoms with Gasteiger partial charge in [-0.05, 0) is 43.7 Å². The van der Waals surface area contributed by atoms with Gasteiger partial charge in [0.1, 0.15) is 4.21 Å². The average molecular weight is 569 g/mol. The van der Waals surface area contributed by atoms with Crippen molar-refractivity contribution in [2.24, 2.45) is 10.4 Å². The molecule has 0 aromatic carbocycles. The van der Waals surface area contributed by atoms with Crippen molar-refractivity contribution in [3.63, 3.8) is 0 Å². The van der Waals surface area contributed by atoms with Crippen LogP contribution in [0.25, 0.3) is 0 Å². The molecule has 30 heavy (non-hydrogen) atoms. The molecule has 1 N–H and O–H groups in total. The smallest absolute Gasteiger partial charge is 0.252 e. The first-order valence-electron chi connectivity index (χ1n) is 11.1. The van der Waals surface area contributed by atoms with Crippen LogP contribution in [0, 0.1) is 5.41 Å². The van der Waals surface area contributed by atoms with E-state index in [4.69, 9.17) is 4.99 Å². The largest absolute Gasteiger partial charge is 0.357 e. The van der Waals surface area contributed by atoms with Crippen LogP contribution in [0.1, 0.15) is 57.8 Å². The van der Waals surface area contributed by atoms with Crippen LogP contribution in [0.5, 0.6) is 0 Å². The van der Waals surface area contributed by atoms with Gasteiger partial charge in [0, 0.05) is 50.6 Å². The van der Waals surface area contributed by atoms with Crippen LogP contribution in [-0.2, 0) is 16.4 Å². The van der Waals surface area contributed by atoms with Crippen LogP contribution < -0.4 is 5.32 Å². The third kappa shape index (κ3) is 5.89. The minimum Gasteiger partial charge on any atom is -0.357 e. The number of likely N-dealkylation sites (tertiary alicyclic amines) is 1. The van der Waals surface area contributed by atoms with E-state index in [1.54, 1.807) is 6.07 Å². The van der Waals surface area contributed by atoms with Gasteiger partial charge in [-0.1, -0.05) is 26.7 Å². The van der Waals surface area contributed by atoms with E-state index in [0.29, 0.717) is 29.3 Å². The molecule has 1 aromatic rings. The quantitative estimate of drug-likeness (QED) is 0.291. The maximum atomic E-state index is 12.7. The number of thiophene rings is 1. The molecule has 9 heteroatoms. The molecule has 1 spiro atoms. The van der Waals surface area contributed by atoms with E-state index in [0.717, 1.165) is 36.9 Å². The number of hydrogen-bond donors (Lipinski definition) is 1. The Balaban J connectivity index is 0.00000320. The molecule has 172 valence electrons. The highest BCUT2D eigenvalue weighted by atomic mass is 127. The molecule has 0 amide bonds. The van der Waals surface area contributed by atoms with Crippen molar-refractivity contribution in [1.82, 2.24) is 14.5 Å². The molecule has 1 aromatic heterocycles. The summed E-state index contributed by atoms with van der Waals surface area (Å²) in [6.07, 6.45) is 7.53. The Morgan fingerprint density at radius 3 is 2.53 bits per heavy atom. The molecular weight excluding hydrogens is 531 g/mol. The second kappa shape index (κ2) is 11.5. The molecule has 1 saturated heterocycles. The summed E-state index contributed by atoms with van der Waals surface area (Å²) in [6, 6.07) is 3.68. The number of sulfonamides is 1. The van der Waals surface area contributed by atoms with Gasteiger partial charge in [-0.15, -0.1) is 35.3 Å². The van der Waals surface area contributed by atoms with Gasteiger partial charge in [-0.3, -0.25) is 4.99 Å². The topological polar surface area (TPSA) is 65.0 Å². The van der Waals surface area contributed by atoms with Gasteiger partial charge in [0.15, 0.2) is 5.96 Å². The Bertz CT molecular complexity index is 800. The lowest BCUT2D eigenvalue weighted by atomic mass is 9.86. The molecule has 1 aliphatic carbocycles. The first-order valence-corrected chi connectivity index (χ1v) is 13.3. The zero-order valence-corrected chi connectivity index (χ0v) is 22.5. The predicted octanol–water partition coefficient (Wildman–Crippen LogP) is 4.17. The molecule has 0 radical (unpaired) electrons. The average Bonchev–Trinajstić information content (AvgIpc) is 3.44. The molecule has 1 saturated carbocycles. The van der Waals surface area contributed by atoms with Crippen LogP contribution in [0.15, 0.2) is 21.3 Å². The molecule has 3 rings (SSSR count). The van der Waals surface area contributed by atoms with Gasteiger partial charge in [-0.25, -0.2) is 8.42 Å². The normalized spacial score (nSPS) is 18.9. The molecule has 2 heterocycles. The highest BCUT2D eigenvalue weighted by Gasteiger charge is 2.41. The Morgan fingerprint density at radius 2 is 1.90 bits per heavy atom. The second-order valence-corrected chi connectivity index (χ2v) is 11.5. The third-order valence-electron chi connectivity index (χ3n) is 6.29. The van der Waals surface area contributed by atoms with Crippen molar-refractivity contribution in [1.29, 1.82) is 0 Å². The van der Waals surface area contributed by atoms with Gasteiger partial charge >= 0.3 is 0 Å². The number of halogens is 1. The first-order chi connectivity index (χ1) is 13.9. The highest BCUT2D eigenvalue weighted by Crippen LogP contribution is 2.45. The van der Waals surface area contributed by atoms with Crippen LogP contribution >= 0.6 is 35.3 Å². The maximum absolute atomic E-state index is 12.7. The summed E-state index contributed by atoms with van der Waals surface area (Å²) < 4.78 is 27.3. The molecule has 2 fully saturated rings. The number of aliphatic imine (C=N–C) groups is 1. The van der Waals surface area contributed by atoms with Gasteiger partial charge in [0.2, 0.25) is 0 Å². The number of guanidine groups is 1. The zero-order chi connectivity index (χ0) is 20.9. The monoisotopic (exact) mass is 568 g/mol. The Labute approximate surface area is 203 Å². The first kappa shape index (κ1) is 25.9. The van der Waals surface area contributed by atoms with E-state index >= 15 is 0 Å². The summed E-state index contributed by atoms with van der Waals surface area (Å²) in [4.78, 5) is 8.37. The number of rotatable bonds is 8. The fourth-order valence-corrected chi connectivity index (χ4v) is 7.63. The predicted molar refractivity (Wildman–Crippen MR) is 137 cm³/mol. The van der Waals surface area contributed by atoms with Crippen molar-refractivity contribution >= 4 is 51.3 Å². The molecular formula is C21H37IN4O2S2. The van der Waals surface area contributed by atoms with E-state index in [-0.39, 0.29) is 24.0 Å². The minimum absolute atomic E-state index is 0. The third-order valence-corrected chi connectivity index (χ3v) is 9.96. The molecule has 1 aliphatic heterocycles. The lowest BCUT2D eigenvalue weighted by Gasteiger charge is -2.25. The van der Waals surface area contributed by atoms with Gasteiger partial charge in [-0.2, -0.15) is 4.31 Å². The van der Waals surface area contributed by atoms with E-state index in [9.17, 15) is 8.42 Å². The standard InChI is InChI=1S/C21H36N4O2S2.HI/c1-4-22-20(24-16-14-21(17-24)12-7-8-13-21)23-15-11-18-9-10-19(28-18)29(26,27)25(5-2)6-3;/h9-10H,4-8,11-17H2,1-3H3,(H,22,23);1H. The van der Waals surface area contributed by atoms with E-state index in [1.807, 2.05) is 19.9 Å². The summed E-state index contributed by atoms with van der Waals surface area (Å²) >= 11 is 1.38. The number of hydrogen-bond acceptors (Lipinski definition) is 4. The van der Waals surface area contributed by atoms with Crippen molar-refractivity contribution in [2.75, 3.05) is 39.3 Å². The Kier molecular flexibility index (Phi) is 9.89. The second-order valence-electron chi connectivity index (χ2n) is 8.17. The number of nitrogens with one attached hydrogen (secondary N) is 1. The van der Waals surface area contributed by atoms with Crippen LogP contribution in [0.3, 0.4) is 0 Å². The number of nitrogens with zero attached hydrogens (tertiary/aromatic N) is 3. The zero-order valence-electron chi connectivity index (χ0n) is 18.5. The highest BCUT2D eigenvalue weighted by molar-refractivity contribution is 14.0. The minimum atomic E-state index is -3.36. The van der Waals surface area contributed by atoms with Crippen LogP contribution in [-0.4, -0.2) is 62.9 Å². The van der Waals surface area contributed by atoms with E-state index in [1.165, 1.54) is 47.7 Å². The fourth-order valence-electron chi connectivity index (χ4n) is 4.67. The van der Waals surface area contributed by atoms with Gasteiger partial charge in [0.25, 0.3) is 10.0 Å². The van der Waals surface area contributed by atoms with Crippen LogP contribution in [0.4, 0.5) is 0 Å². The molecule has 6 nitrogen and oxygen atoms in total. The summed E-state index contributed by atoms with van der Waals surface area (Å²) in [5.41, 5.74) is 0.525. The summed E-state index contributed by atoms with van der Waals surface area (Å²) in [7, 11) is -3.36. The Morgan fingerprint density at radius 1 is 1.20 bits per heavy atom. The fraction of sp³-hybridized carbons (Fsp3) is 0.762. The lowest BCUT2D eigenvalue weighted by Crippen LogP contribution is -2.41. The van der Waals surface area contributed by atoms with Crippen molar-refractivity contribution in [2.45, 2.75) is 63.5 Å². The van der Waals surface area contributed by atoms with Crippen LogP contribution in [0.2, 0.25) is 0 Å². The summed E-state index contributed by atoms with van der Waals surface area (Å²) in [6.45, 7) is 10.6. The molecule has 0 unspecified atom stereocenters. The van der Waals surface area contributed by atoms with Gasteiger partial charge < -0.3 is 10.2 Å². The van der Waals surface area contributed by atoms with E-state index in [2.05, 4.69) is 17.1 Å². The molecule has 0 bridgehead atoms. The van der Waals surface area contributed by atoms with Crippen molar-refractivity contribution < 1.29 is 8.42 Å². The molecule has 0 atom stereocenters. The van der Waals surface area contributed by atoms with Crippen molar-refractivity contribution in [3.8, 4) is 0 Å². The summed E-state index contributed by atoms with van der Waals surface area (Å²) in [5.74, 6) is 1.02. The lowest BCUT2D eigenvalue weighted by molar-refractivity contribution is 0.309.